The predicted octanol–water partition coefficient (Wildman–Crippen LogP) is 3.05. The second-order valence-corrected chi connectivity index (χ2v) is 7.10. The van der Waals surface area contributed by atoms with Crippen molar-refractivity contribution in [2.24, 2.45) is 0 Å². The Morgan fingerprint density at radius 1 is 0.568 bits per heavy atom. The molecule has 15 nitrogen and oxygen atoms in total. The molecule has 186 valence electrons. The van der Waals surface area contributed by atoms with Crippen molar-refractivity contribution < 1.29 is 53.7 Å². The van der Waals surface area contributed by atoms with Crippen LogP contribution in [0.2, 0.25) is 0 Å². The highest BCUT2D eigenvalue weighted by Crippen LogP contribution is 2.45. The number of hydrogen-bond acceptors (Lipinski definition) is 13. The van der Waals surface area contributed by atoms with Gasteiger partial charge in [0.15, 0.2) is 5.75 Å². The molecule has 0 aliphatic carbocycles. The largest absolute Gasteiger partial charge is 0.502 e. The van der Waals surface area contributed by atoms with Gasteiger partial charge in [-0.2, -0.15) is 0 Å². The molecular weight excluding hydrogens is 500 g/mol. The molecule has 37 heavy (non-hydrogen) atoms. The van der Waals surface area contributed by atoms with Crippen LogP contribution in [0.5, 0.6) is 5.75 Å². The summed E-state index contributed by atoms with van der Waals surface area (Å²) in [5.74, 6) is -6.74. The lowest BCUT2D eigenvalue weighted by Crippen LogP contribution is -2.22. The highest BCUT2D eigenvalue weighted by Gasteiger charge is 2.36. The van der Waals surface area contributed by atoms with E-state index in [4.69, 9.17) is 0 Å². The Hall–Kier alpha value is -5.86. The molecule has 0 saturated heterocycles. The summed E-state index contributed by atoms with van der Waals surface area (Å²) in [7, 11) is 0. The number of rotatable bonds is 3. The Morgan fingerprint density at radius 2 is 1.05 bits per heavy atom. The minimum atomic E-state index is -1.60. The Morgan fingerprint density at radius 3 is 1.59 bits per heavy atom. The van der Waals surface area contributed by atoms with Gasteiger partial charge in [-0.05, 0) is 24.3 Å². The number of nitro groups is 2. The zero-order valence-electron chi connectivity index (χ0n) is 17.9. The van der Waals surface area contributed by atoms with Crippen LogP contribution in [0.25, 0.3) is 11.1 Å². The second-order valence-electron chi connectivity index (χ2n) is 7.10. The second kappa shape index (κ2) is 9.41. The van der Waals surface area contributed by atoms with E-state index in [1.54, 1.807) is 0 Å². The summed E-state index contributed by atoms with van der Waals surface area (Å²) in [5.41, 5.74) is -6.11. The zero-order valence-corrected chi connectivity index (χ0v) is 17.9. The van der Waals surface area contributed by atoms with Gasteiger partial charge in [0.25, 0.3) is 5.69 Å². The van der Waals surface area contributed by atoms with E-state index in [0.29, 0.717) is 6.07 Å². The SMILES string of the molecule is O=C1OOC(=O)c2cccc(-c3c([N+](=O)[O-])ccc(O)c3[N+](=O)[O-])c2C(=O)OOC(=O)c2ccccc21. The number of nitro benzene ring substituents is 2. The van der Waals surface area contributed by atoms with Gasteiger partial charge < -0.3 is 5.11 Å². The smallest absolute Gasteiger partial charge is 0.387 e. The van der Waals surface area contributed by atoms with Crippen molar-refractivity contribution >= 4 is 35.3 Å². The first-order valence-electron chi connectivity index (χ1n) is 9.85. The van der Waals surface area contributed by atoms with Crippen molar-refractivity contribution in [3.63, 3.8) is 0 Å². The van der Waals surface area contributed by atoms with Crippen molar-refractivity contribution in [2.45, 2.75) is 0 Å². The van der Waals surface area contributed by atoms with E-state index >= 15 is 0 Å². The maximum atomic E-state index is 13.0. The van der Waals surface area contributed by atoms with Gasteiger partial charge >= 0.3 is 29.6 Å². The maximum Gasteiger partial charge on any atom is 0.387 e. The number of hydrogen-bond donors (Lipinski definition) is 1. The predicted molar refractivity (Wildman–Crippen MR) is 115 cm³/mol. The lowest BCUT2D eigenvalue weighted by molar-refractivity contribution is -0.393. The van der Waals surface area contributed by atoms with Crippen LogP contribution in [0.1, 0.15) is 41.4 Å². The highest BCUT2D eigenvalue weighted by atomic mass is 17.2. The maximum absolute atomic E-state index is 13.0. The molecule has 1 N–H and O–H groups in total. The minimum Gasteiger partial charge on any atom is -0.502 e. The number of phenols is 1. The summed E-state index contributed by atoms with van der Waals surface area (Å²) in [6.07, 6.45) is 0. The summed E-state index contributed by atoms with van der Waals surface area (Å²) in [6.45, 7) is 0. The van der Waals surface area contributed by atoms with Gasteiger partial charge in [0.2, 0.25) is 0 Å². The van der Waals surface area contributed by atoms with Gasteiger partial charge in [0, 0.05) is 11.6 Å². The molecule has 4 rings (SSSR count). The lowest BCUT2D eigenvalue weighted by Gasteiger charge is -2.14. The quantitative estimate of drug-likeness (QED) is 0.305. The van der Waals surface area contributed by atoms with Gasteiger partial charge in [0.1, 0.15) is 5.56 Å². The van der Waals surface area contributed by atoms with Crippen LogP contribution < -0.4 is 0 Å². The molecule has 0 atom stereocenters. The summed E-state index contributed by atoms with van der Waals surface area (Å²) in [6, 6.07) is 9.33. The van der Waals surface area contributed by atoms with Crippen LogP contribution in [0.3, 0.4) is 0 Å². The van der Waals surface area contributed by atoms with E-state index in [0.717, 1.165) is 36.4 Å². The van der Waals surface area contributed by atoms with Crippen LogP contribution >= 0.6 is 0 Å². The number of aromatic hydroxyl groups is 1. The van der Waals surface area contributed by atoms with Crippen molar-refractivity contribution in [1.82, 2.24) is 0 Å². The summed E-state index contributed by atoms with van der Waals surface area (Å²) >= 11 is 0. The number of nitrogens with zero attached hydrogens (tertiary/aromatic N) is 2. The molecule has 15 heteroatoms. The normalized spacial score (nSPS) is 13.4. The standard InChI is InChI=1S/C22H10N2O13/c25-15-9-8-14(23(30)31)17(18(15)24(32)33)12-6-3-7-13-16(12)22(29)37-35-20(27)11-5-2-1-4-10(11)19(26)34-36-21(13)28/h1-9,25H. The first-order chi connectivity index (χ1) is 17.6. The van der Waals surface area contributed by atoms with Crippen LogP contribution in [-0.4, -0.2) is 38.8 Å². The van der Waals surface area contributed by atoms with E-state index < -0.39 is 84.2 Å². The molecule has 0 amide bonds. The van der Waals surface area contributed by atoms with E-state index in [1.807, 2.05) is 0 Å². The van der Waals surface area contributed by atoms with Gasteiger partial charge in [0.05, 0.1) is 32.1 Å². The molecule has 0 bridgehead atoms. The van der Waals surface area contributed by atoms with Gasteiger partial charge in [-0.1, -0.05) is 24.3 Å². The molecule has 0 spiro atoms. The first kappa shape index (κ1) is 24.3. The fourth-order valence-corrected chi connectivity index (χ4v) is 3.49. The van der Waals surface area contributed by atoms with Crippen molar-refractivity contribution in [1.29, 1.82) is 0 Å². The fraction of sp³-hybridized carbons (Fsp3) is 0. The molecule has 0 unspecified atom stereocenters. The molecular formula is C22H10N2O13. The van der Waals surface area contributed by atoms with E-state index in [9.17, 15) is 44.5 Å². The molecule has 3 aromatic rings. The summed E-state index contributed by atoms with van der Waals surface area (Å²) in [5, 5.41) is 33.4. The van der Waals surface area contributed by atoms with Crippen LogP contribution in [0, 0.1) is 20.2 Å². The monoisotopic (exact) mass is 510 g/mol. The third kappa shape index (κ3) is 4.34. The number of carbonyl (C=O) groups is 4. The Balaban J connectivity index is 1.96. The van der Waals surface area contributed by atoms with E-state index in [1.165, 1.54) is 12.1 Å². The van der Waals surface area contributed by atoms with Crippen LogP contribution in [0.15, 0.2) is 54.6 Å². The minimum absolute atomic E-state index is 0.406. The summed E-state index contributed by atoms with van der Waals surface area (Å²) in [4.78, 5) is 89.8. The molecule has 0 radical (unpaired) electrons. The highest BCUT2D eigenvalue weighted by molar-refractivity contribution is 6.10. The van der Waals surface area contributed by atoms with Gasteiger partial charge in [-0.3, -0.25) is 20.2 Å². The van der Waals surface area contributed by atoms with Crippen molar-refractivity contribution in [3.8, 4) is 16.9 Å². The van der Waals surface area contributed by atoms with E-state index in [-0.39, 0.29) is 0 Å². The number of phenolic OH excluding ortho intramolecular Hbond substituents is 1. The van der Waals surface area contributed by atoms with Gasteiger partial charge in [-0.15, -0.1) is 0 Å². The molecule has 1 aliphatic rings. The van der Waals surface area contributed by atoms with Crippen molar-refractivity contribution in [2.75, 3.05) is 0 Å². The van der Waals surface area contributed by atoms with Crippen LogP contribution in [-0.2, 0) is 19.6 Å². The number of carbonyl (C=O) groups excluding carboxylic acids is 4. The molecule has 0 saturated carbocycles. The molecule has 3 aromatic carbocycles. The number of benzene rings is 3. The van der Waals surface area contributed by atoms with Crippen LogP contribution in [0.4, 0.5) is 11.4 Å². The Labute approximate surface area is 203 Å². The molecule has 0 aromatic heterocycles. The third-order valence-electron chi connectivity index (χ3n) is 5.02. The topological polar surface area (TPSA) is 212 Å². The average molecular weight is 510 g/mol. The van der Waals surface area contributed by atoms with Gasteiger partial charge in [-0.25, -0.2) is 38.7 Å². The lowest BCUT2D eigenvalue weighted by atomic mass is 9.92. The average Bonchev–Trinajstić information content (AvgIpc) is 2.88. The molecule has 1 heterocycles. The Kier molecular flexibility index (Phi) is 6.18. The molecule has 0 fully saturated rings. The Bertz CT molecular complexity index is 1530. The molecule has 1 aliphatic heterocycles. The van der Waals surface area contributed by atoms with Crippen molar-refractivity contribution in [3.05, 3.63) is 97.1 Å². The first-order valence-corrected chi connectivity index (χ1v) is 9.85. The summed E-state index contributed by atoms with van der Waals surface area (Å²) < 4.78 is 0. The third-order valence-corrected chi connectivity index (χ3v) is 5.02. The zero-order chi connectivity index (χ0) is 26.9. The number of fused-ring (bicyclic) bond motifs is 2. The fourth-order valence-electron chi connectivity index (χ4n) is 3.49. The van der Waals surface area contributed by atoms with E-state index in [2.05, 4.69) is 19.6 Å².